The Hall–Kier alpha value is -7.39. The summed E-state index contributed by atoms with van der Waals surface area (Å²) < 4.78 is 4.35. The van der Waals surface area contributed by atoms with Crippen molar-refractivity contribution in [2.75, 3.05) is 0 Å². The van der Waals surface area contributed by atoms with Gasteiger partial charge in [0.25, 0.3) is 0 Å². The number of rotatable bonds is 4. The van der Waals surface area contributed by atoms with Crippen molar-refractivity contribution in [3.63, 3.8) is 0 Å². The fourth-order valence-electron chi connectivity index (χ4n) is 7.49. The van der Waals surface area contributed by atoms with Crippen LogP contribution in [-0.4, -0.2) is 9.13 Å². The zero-order chi connectivity index (χ0) is 33.8. The molecule has 0 aliphatic heterocycles. The Morgan fingerprint density at radius 2 is 1.06 bits per heavy atom. The molecule has 9 aromatic rings. The minimum Gasteiger partial charge on any atom is -0.318 e. The molecular weight excluding hydrogens is 611 g/mol. The highest BCUT2D eigenvalue weighted by atomic mass is 15.0. The van der Waals surface area contributed by atoms with Crippen LogP contribution in [-0.2, 0) is 0 Å². The van der Waals surface area contributed by atoms with Crippen molar-refractivity contribution >= 4 is 49.3 Å². The van der Waals surface area contributed by atoms with Crippen LogP contribution in [0.1, 0.15) is 11.1 Å². The van der Waals surface area contributed by atoms with Crippen LogP contribution in [0.2, 0.25) is 0 Å². The van der Waals surface area contributed by atoms with Gasteiger partial charge in [0, 0.05) is 21.5 Å². The second kappa shape index (κ2) is 11.4. The Bertz CT molecular complexity index is 2920. The average molecular weight is 636 g/mol. The molecule has 0 spiro atoms. The van der Waals surface area contributed by atoms with E-state index in [9.17, 15) is 10.5 Å². The van der Waals surface area contributed by atoms with E-state index in [0.717, 1.165) is 77.2 Å². The molecule has 0 bridgehead atoms. The molecule has 0 aliphatic rings. The normalized spacial score (nSPS) is 11.1. The second-order valence-electron chi connectivity index (χ2n) is 12.2. The highest BCUT2D eigenvalue weighted by molar-refractivity contribution is 6.12. The van der Waals surface area contributed by atoms with Crippen LogP contribution >= 0.6 is 0 Å². The van der Waals surface area contributed by atoms with E-state index in [1.54, 1.807) is 0 Å². The van der Waals surface area contributed by atoms with Crippen LogP contribution in [0.15, 0.2) is 152 Å². The largest absolute Gasteiger partial charge is 0.318 e. The molecule has 2 aromatic heterocycles. The van der Waals surface area contributed by atoms with Gasteiger partial charge in [-0.2, -0.15) is 10.5 Å². The second-order valence-corrected chi connectivity index (χ2v) is 12.2. The first-order valence-corrected chi connectivity index (χ1v) is 16.3. The van der Waals surface area contributed by atoms with E-state index < -0.39 is 0 Å². The van der Waals surface area contributed by atoms with Crippen molar-refractivity contribution in [1.29, 1.82) is 10.5 Å². The van der Waals surface area contributed by atoms with E-state index in [-0.39, 0.29) is 0 Å². The number of benzene rings is 7. The Kier molecular flexibility index (Phi) is 6.56. The average Bonchev–Trinajstić information content (AvgIpc) is 3.69. The van der Waals surface area contributed by atoms with Crippen LogP contribution < -0.4 is 0 Å². The third kappa shape index (κ3) is 4.24. The smallest absolute Gasteiger partial charge is 0.211 e. The van der Waals surface area contributed by atoms with Crippen LogP contribution in [0, 0.1) is 29.2 Å². The number of para-hydroxylation sites is 4. The summed E-state index contributed by atoms with van der Waals surface area (Å²) in [5, 5.41) is 24.3. The van der Waals surface area contributed by atoms with Gasteiger partial charge < -0.3 is 9.13 Å². The lowest BCUT2D eigenvalue weighted by Gasteiger charge is -2.19. The zero-order valence-corrected chi connectivity index (χ0v) is 26.7. The SMILES string of the molecule is [C-]#[N+]c1cccc(-c2ccccc2-c2ccc(C#N)c(-n3c4ccccc4c4ccccc43)c2)c1-n1c2ccccc2c2cc(C#N)ccc21. The molecular formula is C45H25N5. The third-order valence-corrected chi connectivity index (χ3v) is 9.63. The van der Waals surface area contributed by atoms with Gasteiger partial charge in [-0.1, -0.05) is 103 Å². The van der Waals surface area contributed by atoms with Gasteiger partial charge in [-0.3, -0.25) is 0 Å². The molecule has 0 amide bonds. The topological polar surface area (TPSA) is 61.8 Å². The van der Waals surface area contributed by atoms with Crippen molar-refractivity contribution in [1.82, 2.24) is 9.13 Å². The van der Waals surface area contributed by atoms with E-state index in [2.05, 4.69) is 86.8 Å². The molecule has 5 nitrogen and oxygen atoms in total. The number of nitriles is 2. The maximum Gasteiger partial charge on any atom is 0.211 e. The summed E-state index contributed by atoms with van der Waals surface area (Å²) in [7, 11) is 0. The first-order chi connectivity index (χ1) is 24.7. The molecule has 0 radical (unpaired) electrons. The van der Waals surface area contributed by atoms with E-state index in [1.165, 1.54) is 0 Å². The number of hydrogen-bond acceptors (Lipinski definition) is 2. The van der Waals surface area contributed by atoms with Crippen LogP contribution in [0.3, 0.4) is 0 Å². The third-order valence-electron chi connectivity index (χ3n) is 9.63. The molecule has 7 aromatic carbocycles. The van der Waals surface area contributed by atoms with E-state index in [4.69, 9.17) is 6.57 Å². The number of nitrogens with zero attached hydrogens (tertiary/aromatic N) is 5. The lowest BCUT2D eigenvalue weighted by molar-refractivity contribution is 1.17. The lowest BCUT2D eigenvalue weighted by Crippen LogP contribution is -2.00. The summed E-state index contributed by atoms with van der Waals surface area (Å²) in [4.78, 5) is 4.03. The predicted octanol–water partition coefficient (Wildman–Crippen LogP) is 11.5. The number of hydrogen-bond donors (Lipinski definition) is 0. The van der Waals surface area contributed by atoms with Crippen LogP contribution in [0.25, 0.3) is 82.1 Å². The van der Waals surface area contributed by atoms with E-state index in [0.29, 0.717) is 16.8 Å². The zero-order valence-electron chi connectivity index (χ0n) is 26.7. The number of fused-ring (bicyclic) bond motifs is 6. The van der Waals surface area contributed by atoms with Crippen molar-refractivity contribution < 1.29 is 0 Å². The molecule has 0 unspecified atom stereocenters. The van der Waals surface area contributed by atoms with Crippen molar-refractivity contribution in [3.8, 4) is 45.8 Å². The summed E-state index contributed by atoms with van der Waals surface area (Å²) >= 11 is 0. The molecule has 230 valence electrons. The minimum absolute atomic E-state index is 0.523. The first-order valence-electron chi connectivity index (χ1n) is 16.3. The summed E-state index contributed by atoms with van der Waals surface area (Å²) in [5.41, 5.74) is 11.0. The van der Waals surface area contributed by atoms with Gasteiger partial charge in [-0.15, -0.1) is 0 Å². The van der Waals surface area contributed by atoms with Crippen molar-refractivity contribution in [3.05, 3.63) is 174 Å². The Labute approximate surface area is 288 Å². The van der Waals surface area contributed by atoms with Gasteiger partial charge in [0.05, 0.1) is 57.2 Å². The fourth-order valence-corrected chi connectivity index (χ4v) is 7.49. The predicted molar refractivity (Wildman–Crippen MR) is 202 cm³/mol. The Balaban J connectivity index is 1.32. The van der Waals surface area contributed by atoms with Gasteiger partial charge in [-0.25, -0.2) is 4.85 Å². The molecule has 5 heteroatoms. The maximum atomic E-state index is 10.3. The molecule has 0 saturated carbocycles. The molecule has 0 atom stereocenters. The Morgan fingerprint density at radius 3 is 1.72 bits per heavy atom. The van der Waals surface area contributed by atoms with Crippen LogP contribution in [0.5, 0.6) is 0 Å². The molecule has 50 heavy (non-hydrogen) atoms. The summed E-state index contributed by atoms with van der Waals surface area (Å²) in [6.07, 6.45) is 0. The summed E-state index contributed by atoms with van der Waals surface area (Å²) in [5.74, 6) is 0. The molecule has 0 saturated heterocycles. The van der Waals surface area contributed by atoms with Crippen molar-refractivity contribution in [2.24, 2.45) is 0 Å². The first kappa shape index (κ1) is 28.8. The highest BCUT2D eigenvalue weighted by Gasteiger charge is 2.22. The molecule has 0 N–H and O–H groups in total. The van der Waals surface area contributed by atoms with Gasteiger partial charge >= 0.3 is 0 Å². The van der Waals surface area contributed by atoms with Gasteiger partial charge in [-0.05, 0) is 70.8 Å². The van der Waals surface area contributed by atoms with E-state index in [1.807, 2.05) is 91.0 Å². The minimum atomic E-state index is 0.523. The quantitative estimate of drug-likeness (QED) is 0.181. The van der Waals surface area contributed by atoms with Gasteiger partial charge in [0.15, 0.2) is 0 Å². The Morgan fingerprint density at radius 1 is 0.480 bits per heavy atom. The van der Waals surface area contributed by atoms with Gasteiger partial charge in [0.2, 0.25) is 5.69 Å². The molecule has 0 aliphatic carbocycles. The van der Waals surface area contributed by atoms with Crippen molar-refractivity contribution in [2.45, 2.75) is 0 Å². The standard InChI is InChI=1S/C45H25N5/c1-48-39-17-10-16-37(45(39)50-42-20-9-6-15-36(42)38-25-29(27-46)21-24-43(38)50)33-12-3-2-11-32(33)30-22-23-31(28-47)44(26-30)49-40-18-7-4-13-34(40)35-14-5-8-19-41(35)49/h2-26H. The number of aromatic nitrogens is 2. The van der Waals surface area contributed by atoms with Crippen LogP contribution in [0.4, 0.5) is 5.69 Å². The highest BCUT2D eigenvalue weighted by Crippen LogP contribution is 2.44. The van der Waals surface area contributed by atoms with E-state index >= 15 is 0 Å². The summed E-state index contributed by atoms with van der Waals surface area (Å²) in [6.45, 7) is 8.26. The summed E-state index contributed by atoms with van der Waals surface area (Å²) in [6, 6.07) is 55.4. The van der Waals surface area contributed by atoms with Gasteiger partial charge in [0.1, 0.15) is 6.07 Å². The maximum absolute atomic E-state index is 10.3. The fraction of sp³-hybridized carbons (Fsp3) is 0. The molecule has 0 fully saturated rings. The molecule has 9 rings (SSSR count). The molecule has 2 heterocycles. The monoisotopic (exact) mass is 635 g/mol. The lowest BCUT2D eigenvalue weighted by atomic mass is 9.92.